The van der Waals surface area contributed by atoms with E-state index in [1.807, 2.05) is 24.3 Å². The van der Waals surface area contributed by atoms with Crippen molar-refractivity contribution < 1.29 is 4.74 Å². The third kappa shape index (κ3) is 1.23. The lowest BCUT2D eigenvalue weighted by Gasteiger charge is -2.25. The standard InChI is InChI=1S/C9H11N2O/c1-10-9-6-12-8-5-3-2-4-7(8)11-9/h2-5,9,11H,6H2,1H3. The van der Waals surface area contributed by atoms with Crippen molar-refractivity contribution in [3.05, 3.63) is 24.3 Å². The zero-order chi connectivity index (χ0) is 8.39. The topological polar surface area (TPSA) is 35.4 Å². The lowest BCUT2D eigenvalue weighted by atomic mass is 10.2. The Hall–Kier alpha value is -1.22. The van der Waals surface area contributed by atoms with Gasteiger partial charge in [0, 0.05) is 7.05 Å². The predicted molar refractivity (Wildman–Crippen MR) is 47.4 cm³/mol. The molecule has 2 rings (SSSR count). The van der Waals surface area contributed by atoms with Gasteiger partial charge < -0.3 is 10.1 Å². The zero-order valence-corrected chi connectivity index (χ0v) is 6.95. The number of anilines is 1. The van der Waals surface area contributed by atoms with Crippen LogP contribution in [0.15, 0.2) is 24.3 Å². The molecule has 3 heteroatoms. The van der Waals surface area contributed by atoms with Crippen LogP contribution in [-0.2, 0) is 0 Å². The first-order chi connectivity index (χ1) is 5.90. The van der Waals surface area contributed by atoms with Crippen LogP contribution in [0.25, 0.3) is 0 Å². The minimum absolute atomic E-state index is 0.0971. The van der Waals surface area contributed by atoms with Crippen LogP contribution >= 0.6 is 0 Å². The molecule has 0 fully saturated rings. The molecule has 1 aromatic carbocycles. The molecule has 1 N–H and O–H groups in total. The molecule has 1 unspecified atom stereocenters. The van der Waals surface area contributed by atoms with Gasteiger partial charge in [-0.1, -0.05) is 12.1 Å². The summed E-state index contributed by atoms with van der Waals surface area (Å²) in [6, 6.07) is 7.89. The van der Waals surface area contributed by atoms with Crippen molar-refractivity contribution in [1.82, 2.24) is 5.32 Å². The molecule has 1 aromatic rings. The molecule has 0 bridgehead atoms. The Morgan fingerprint density at radius 3 is 3.17 bits per heavy atom. The van der Waals surface area contributed by atoms with Crippen molar-refractivity contribution in [2.45, 2.75) is 6.17 Å². The minimum atomic E-state index is 0.0971. The van der Waals surface area contributed by atoms with Crippen LogP contribution < -0.4 is 15.4 Å². The van der Waals surface area contributed by atoms with Crippen molar-refractivity contribution in [1.29, 1.82) is 0 Å². The number of benzene rings is 1. The highest BCUT2D eigenvalue weighted by Crippen LogP contribution is 2.27. The van der Waals surface area contributed by atoms with E-state index in [-0.39, 0.29) is 6.17 Å². The molecule has 0 aromatic heterocycles. The fourth-order valence-electron chi connectivity index (χ4n) is 1.24. The molecule has 1 aliphatic rings. The van der Waals surface area contributed by atoms with E-state index in [2.05, 4.69) is 10.6 Å². The van der Waals surface area contributed by atoms with Crippen LogP contribution in [0.4, 0.5) is 5.69 Å². The van der Waals surface area contributed by atoms with E-state index in [0.29, 0.717) is 6.61 Å². The van der Waals surface area contributed by atoms with Crippen LogP contribution in [0, 0.1) is 0 Å². The Balaban J connectivity index is 2.23. The Labute approximate surface area is 71.7 Å². The molecule has 1 atom stereocenters. The van der Waals surface area contributed by atoms with E-state index in [4.69, 9.17) is 4.74 Å². The van der Waals surface area contributed by atoms with E-state index in [9.17, 15) is 0 Å². The van der Waals surface area contributed by atoms with Gasteiger partial charge in [0.25, 0.3) is 0 Å². The molecule has 12 heavy (non-hydrogen) atoms. The predicted octanol–water partition coefficient (Wildman–Crippen LogP) is 1.05. The minimum Gasteiger partial charge on any atom is -0.488 e. The van der Waals surface area contributed by atoms with Gasteiger partial charge in [0.15, 0.2) is 0 Å². The van der Waals surface area contributed by atoms with Gasteiger partial charge in [0.2, 0.25) is 0 Å². The van der Waals surface area contributed by atoms with E-state index in [0.717, 1.165) is 11.4 Å². The molecule has 0 aliphatic carbocycles. The van der Waals surface area contributed by atoms with Crippen LogP contribution in [0.1, 0.15) is 0 Å². The molecule has 1 aliphatic heterocycles. The van der Waals surface area contributed by atoms with Gasteiger partial charge in [0.1, 0.15) is 18.5 Å². The molecule has 0 amide bonds. The van der Waals surface area contributed by atoms with Gasteiger partial charge in [-0.2, -0.15) is 0 Å². The van der Waals surface area contributed by atoms with Crippen molar-refractivity contribution in [2.24, 2.45) is 0 Å². The molecule has 0 spiro atoms. The summed E-state index contributed by atoms with van der Waals surface area (Å²) >= 11 is 0. The quantitative estimate of drug-likeness (QED) is 0.671. The van der Waals surface area contributed by atoms with Crippen LogP contribution in [-0.4, -0.2) is 19.8 Å². The summed E-state index contributed by atoms with van der Waals surface area (Å²) in [5.74, 6) is 0.914. The molecule has 0 saturated carbocycles. The van der Waals surface area contributed by atoms with Crippen LogP contribution in [0.2, 0.25) is 0 Å². The van der Waals surface area contributed by atoms with Crippen molar-refractivity contribution in [3.8, 4) is 5.75 Å². The first-order valence-electron chi connectivity index (χ1n) is 3.97. The Kier molecular flexibility index (Phi) is 1.87. The Morgan fingerprint density at radius 1 is 1.50 bits per heavy atom. The maximum absolute atomic E-state index is 5.47. The van der Waals surface area contributed by atoms with Gasteiger partial charge in [-0.05, 0) is 12.1 Å². The lowest BCUT2D eigenvalue weighted by Crippen LogP contribution is -2.37. The molecule has 1 radical (unpaired) electrons. The molecule has 63 valence electrons. The number of hydrogen-bond acceptors (Lipinski definition) is 2. The Bertz CT molecular complexity index is 275. The SMILES string of the molecule is C[N]C1COc2ccccc2N1. The summed E-state index contributed by atoms with van der Waals surface area (Å²) in [5, 5.41) is 7.37. The third-order valence-electron chi connectivity index (χ3n) is 1.92. The summed E-state index contributed by atoms with van der Waals surface area (Å²) in [7, 11) is 1.79. The normalized spacial score (nSPS) is 20.6. The number of nitrogens with one attached hydrogen (secondary N) is 1. The highest BCUT2D eigenvalue weighted by Gasteiger charge is 2.16. The number of ether oxygens (including phenoxy) is 1. The zero-order valence-electron chi connectivity index (χ0n) is 6.95. The van der Waals surface area contributed by atoms with E-state index in [1.54, 1.807) is 7.05 Å². The fourth-order valence-corrected chi connectivity index (χ4v) is 1.24. The third-order valence-corrected chi connectivity index (χ3v) is 1.92. The maximum atomic E-state index is 5.47. The lowest BCUT2D eigenvalue weighted by molar-refractivity contribution is 0.269. The summed E-state index contributed by atoms with van der Waals surface area (Å²) in [4.78, 5) is 0. The summed E-state index contributed by atoms with van der Waals surface area (Å²) < 4.78 is 5.47. The van der Waals surface area contributed by atoms with Gasteiger partial charge in [0.05, 0.1) is 5.69 Å². The maximum Gasteiger partial charge on any atom is 0.142 e. The van der Waals surface area contributed by atoms with E-state index < -0.39 is 0 Å². The molecule has 0 saturated heterocycles. The van der Waals surface area contributed by atoms with Gasteiger partial charge in [-0.3, -0.25) is 0 Å². The van der Waals surface area contributed by atoms with Crippen LogP contribution in [0.5, 0.6) is 5.75 Å². The smallest absolute Gasteiger partial charge is 0.142 e. The van der Waals surface area contributed by atoms with Crippen molar-refractivity contribution >= 4 is 5.69 Å². The number of fused-ring (bicyclic) bond motifs is 1. The van der Waals surface area contributed by atoms with E-state index >= 15 is 0 Å². The largest absolute Gasteiger partial charge is 0.488 e. The van der Waals surface area contributed by atoms with E-state index in [1.165, 1.54) is 0 Å². The van der Waals surface area contributed by atoms with Gasteiger partial charge >= 0.3 is 0 Å². The molecular weight excluding hydrogens is 152 g/mol. The fraction of sp³-hybridized carbons (Fsp3) is 0.333. The summed E-state index contributed by atoms with van der Waals surface area (Å²) in [6.45, 7) is 0.619. The summed E-state index contributed by atoms with van der Waals surface area (Å²) in [6.07, 6.45) is 0.0971. The molecule has 3 nitrogen and oxygen atoms in total. The molecular formula is C9H11N2O. The Morgan fingerprint density at radius 2 is 2.33 bits per heavy atom. The number of hydrogen-bond donors (Lipinski definition) is 1. The average Bonchev–Trinajstić information content (AvgIpc) is 2.17. The number of nitrogens with zero attached hydrogens (tertiary/aromatic N) is 1. The highest BCUT2D eigenvalue weighted by molar-refractivity contribution is 5.57. The second-order valence-corrected chi connectivity index (χ2v) is 2.73. The molecule has 1 heterocycles. The monoisotopic (exact) mass is 163 g/mol. The number of rotatable bonds is 1. The van der Waals surface area contributed by atoms with Gasteiger partial charge in [-0.15, -0.1) is 0 Å². The number of likely N-dealkylation sites (N-methyl/N-ethyl adjacent to an activating group) is 1. The number of para-hydroxylation sites is 2. The van der Waals surface area contributed by atoms with Crippen LogP contribution in [0.3, 0.4) is 0 Å². The summed E-state index contributed by atoms with van der Waals surface area (Å²) in [5.41, 5.74) is 1.03. The average molecular weight is 163 g/mol. The second kappa shape index (κ2) is 3.03. The first kappa shape index (κ1) is 7.43. The van der Waals surface area contributed by atoms with Crippen molar-refractivity contribution in [2.75, 3.05) is 19.0 Å². The first-order valence-corrected chi connectivity index (χ1v) is 3.97. The highest BCUT2D eigenvalue weighted by atomic mass is 16.5. The second-order valence-electron chi connectivity index (χ2n) is 2.73. The van der Waals surface area contributed by atoms with Crippen molar-refractivity contribution in [3.63, 3.8) is 0 Å². The van der Waals surface area contributed by atoms with Gasteiger partial charge in [-0.25, -0.2) is 5.32 Å².